The minimum atomic E-state index is -4.56. The number of carbonyl (C=O) groups excluding carboxylic acids is 4. The molecular formula is C43H46F3N7O8S. The van der Waals surface area contributed by atoms with Gasteiger partial charge >= 0.3 is 12.2 Å². The number of amides is 5. The predicted molar refractivity (Wildman–Crippen MR) is 219 cm³/mol. The van der Waals surface area contributed by atoms with Crippen molar-refractivity contribution in [3.05, 3.63) is 66.2 Å². The SMILES string of the molecule is O=C1N[C@]2(C(=O)NS(=O)(=O)C3CC3)C[C@H]2/C=C\CCCCC[C@H](NC(=O)N2CCCC2)C(=O)N2C[C@H](Oc3nc(-c4ccc(C(F)(F)F)cc4)nc4c3oc3ccccc34)C[C@@H]12. The number of fused-ring (bicyclic) bond motifs is 5. The summed E-state index contributed by atoms with van der Waals surface area (Å²) in [4.78, 5) is 68.9. The van der Waals surface area contributed by atoms with Crippen LogP contribution in [0.4, 0.5) is 18.0 Å². The van der Waals surface area contributed by atoms with Crippen LogP contribution in [0.5, 0.6) is 5.88 Å². The molecule has 5 atom stereocenters. The molecule has 5 aliphatic rings. The van der Waals surface area contributed by atoms with Crippen LogP contribution in [0.15, 0.2) is 65.1 Å². The fourth-order valence-corrected chi connectivity index (χ4v) is 10.1. The highest BCUT2D eigenvalue weighted by molar-refractivity contribution is 7.91. The van der Waals surface area contributed by atoms with Gasteiger partial charge in [0, 0.05) is 36.4 Å². The van der Waals surface area contributed by atoms with E-state index in [1.165, 1.54) is 17.0 Å². The van der Waals surface area contributed by atoms with Gasteiger partial charge in [-0.25, -0.2) is 18.2 Å². The lowest BCUT2D eigenvalue weighted by molar-refractivity contribution is -0.141. The largest absolute Gasteiger partial charge is 0.470 e. The van der Waals surface area contributed by atoms with Crippen molar-refractivity contribution in [3.8, 4) is 17.3 Å². The fraction of sp³-hybridized carbons (Fsp3) is 0.488. The average Bonchev–Trinajstić information content (AvgIpc) is 4.03. The quantitative estimate of drug-likeness (QED) is 0.197. The number of rotatable bonds is 7. The molecule has 5 amide bonds. The van der Waals surface area contributed by atoms with Crippen LogP contribution in [-0.2, 0) is 30.6 Å². The minimum Gasteiger partial charge on any atom is -0.470 e. The van der Waals surface area contributed by atoms with Crippen LogP contribution in [0.25, 0.3) is 33.5 Å². The molecule has 0 unspecified atom stereocenters. The Kier molecular flexibility index (Phi) is 10.9. The molecule has 0 radical (unpaired) electrons. The van der Waals surface area contributed by atoms with Crippen molar-refractivity contribution in [1.29, 1.82) is 0 Å². The zero-order valence-electron chi connectivity index (χ0n) is 33.7. The van der Waals surface area contributed by atoms with Crippen molar-refractivity contribution in [1.82, 2.24) is 35.1 Å². The molecule has 2 saturated heterocycles. The number of sulfonamides is 1. The van der Waals surface area contributed by atoms with Gasteiger partial charge in [-0.2, -0.15) is 18.2 Å². The summed E-state index contributed by atoms with van der Waals surface area (Å²) in [5.74, 6) is -2.61. The first-order chi connectivity index (χ1) is 29.7. The standard InChI is InChI=1S/C43H46F3N7O8S/c44-43(45,46)26-16-14-25(15-17-26)36-48-34-30-11-6-7-13-33(30)61-35(34)38(49-36)60-28-22-32-37(54)50-42(40(56)51-62(58,59)29-18-19-29)23-27(42)10-4-2-1-3-5-12-31(39(55)53(32)24-28)47-41(57)52-20-8-9-21-52/h4,6-7,10-11,13-17,27-29,31-32H,1-3,5,8-9,12,18-24H2,(H,47,57)(H,50,54)(H,51,56)/b10-4-/t27-,28-,31+,32+,42-/m1/s1. The number of halogens is 3. The van der Waals surface area contributed by atoms with E-state index in [0.717, 1.165) is 37.8 Å². The molecule has 9 rings (SSSR count). The van der Waals surface area contributed by atoms with Crippen LogP contribution in [0.1, 0.15) is 76.2 Å². The lowest BCUT2D eigenvalue weighted by Gasteiger charge is -2.30. The lowest BCUT2D eigenvalue weighted by Crippen LogP contribution is -2.58. The van der Waals surface area contributed by atoms with E-state index in [0.29, 0.717) is 61.7 Å². The molecule has 0 bridgehead atoms. The van der Waals surface area contributed by atoms with E-state index in [4.69, 9.17) is 9.15 Å². The molecule has 328 valence electrons. The molecule has 19 heteroatoms. The highest BCUT2D eigenvalue weighted by Gasteiger charge is 2.62. The Bertz CT molecular complexity index is 2560. The number of urea groups is 1. The van der Waals surface area contributed by atoms with Crippen LogP contribution in [0, 0.1) is 5.92 Å². The van der Waals surface area contributed by atoms with Gasteiger partial charge in [0.05, 0.1) is 17.4 Å². The number of hydrogen-bond donors (Lipinski definition) is 3. The Morgan fingerprint density at radius 3 is 2.45 bits per heavy atom. The second kappa shape index (κ2) is 16.2. The van der Waals surface area contributed by atoms with Crippen LogP contribution < -0.4 is 20.1 Å². The number of benzene rings is 2. The molecule has 2 aliphatic carbocycles. The van der Waals surface area contributed by atoms with Crippen molar-refractivity contribution >= 4 is 55.8 Å². The van der Waals surface area contributed by atoms with Gasteiger partial charge < -0.3 is 29.6 Å². The van der Waals surface area contributed by atoms with E-state index in [2.05, 4.69) is 25.3 Å². The van der Waals surface area contributed by atoms with Crippen molar-refractivity contribution in [2.75, 3.05) is 19.6 Å². The Labute approximate surface area is 354 Å². The first-order valence-electron chi connectivity index (χ1n) is 21.1. The number of aromatic nitrogens is 2. The summed E-state index contributed by atoms with van der Waals surface area (Å²) in [5, 5.41) is 5.70. The van der Waals surface area contributed by atoms with E-state index in [9.17, 15) is 40.8 Å². The molecule has 62 heavy (non-hydrogen) atoms. The molecule has 4 aromatic rings. The van der Waals surface area contributed by atoms with Gasteiger partial charge in [0.2, 0.25) is 27.4 Å². The average molecular weight is 878 g/mol. The normalized spacial score (nSPS) is 26.6. The van der Waals surface area contributed by atoms with Crippen LogP contribution >= 0.6 is 0 Å². The smallest absolute Gasteiger partial charge is 0.416 e. The maximum absolute atomic E-state index is 14.8. The first-order valence-corrected chi connectivity index (χ1v) is 22.7. The van der Waals surface area contributed by atoms with E-state index in [1.54, 1.807) is 29.2 Å². The zero-order valence-corrected chi connectivity index (χ0v) is 34.5. The summed E-state index contributed by atoms with van der Waals surface area (Å²) >= 11 is 0. The maximum atomic E-state index is 14.8. The second-order valence-electron chi connectivity index (χ2n) is 16.9. The van der Waals surface area contributed by atoms with Gasteiger partial charge in [-0.3, -0.25) is 19.1 Å². The highest BCUT2D eigenvalue weighted by atomic mass is 32.2. The third kappa shape index (κ3) is 8.30. The topological polar surface area (TPSA) is 193 Å². The summed E-state index contributed by atoms with van der Waals surface area (Å²) in [6.07, 6.45) is 3.90. The number of hydrogen-bond acceptors (Lipinski definition) is 10. The Morgan fingerprint density at radius 2 is 1.71 bits per heavy atom. The molecule has 3 aliphatic heterocycles. The monoisotopic (exact) mass is 877 g/mol. The summed E-state index contributed by atoms with van der Waals surface area (Å²) in [6, 6.07) is 8.76. The van der Waals surface area contributed by atoms with Crippen LogP contribution in [0.3, 0.4) is 0 Å². The Balaban J connectivity index is 1.06. The fourth-order valence-electron chi connectivity index (χ4n) is 8.75. The summed E-state index contributed by atoms with van der Waals surface area (Å²) in [7, 11) is -3.96. The number of likely N-dealkylation sites (tertiary alicyclic amines) is 1. The molecule has 4 fully saturated rings. The van der Waals surface area contributed by atoms with E-state index < -0.39 is 74.4 Å². The Hall–Kier alpha value is -5.72. The molecular weight excluding hydrogens is 832 g/mol. The number of allylic oxidation sites excluding steroid dienone is 1. The van der Waals surface area contributed by atoms with Gasteiger partial charge in [0.15, 0.2) is 5.82 Å². The van der Waals surface area contributed by atoms with Gasteiger partial charge in [-0.05, 0) is 75.6 Å². The highest BCUT2D eigenvalue weighted by Crippen LogP contribution is 2.46. The number of para-hydroxylation sites is 1. The third-order valence-electron chi connectivity index (χ3n) is 12.5. The number of carbonyl (C=O) groups is 4. The predicted octanol–water partition coefficient (Wildman–Crippen LogP) is 5.59. The molecule has 5 heterocycles. The van der Waals surface area contributed by atoms with E-state index in [1.807, 2.05) is 12.2 Å². The molecule has 2 saturated carbocycles. The summed E-state index contributed by atoms with van der Waals surface area (Å²) in [5.41, 5.74) is -1.27. The number of ether oxygens (including phenoxy) is 1. The zero-order chi connectivity index (χ0) is 43.4. The van der Waals surface area contributed by atoms with Gasteiger partial charge in [-0.1, -0.05) is 49.3 Å². The summed E-state index contributed by atoms with van der Waals surface area (Å²) < 4.78 is 81.2. The number of furan rings is 1. The molecule has 15 nitrogen and oxygen atoms in total. The van der Waals surface area contributed by atoms with Crippen molar-refractivity contribution < 1.29 is 49.9 Å². The number of nitrogens with zero attached hydrogens (tertiary/aromatic N) is 4. The Morgan fingerprint density at radius 1 is 0.952 bits per heavy atom. The third-order valence-corrected chi connectivity index (χ3v) is 14.3. The second-order valence-corrected chi connectivity index (χ2v) is 18.9. The molecule has 2 aromatic heterocycles. The molecule has 2 aromatic carbocycles. The van der Waals surface area contributed by atoms with Crippen molar-refractivity contribution in [2.45, 2.75) is 106 Å². The number of alkyl halides is 3. The van der Waals surface area contributed by atoms with Crippen molar-refractivity contribution in [2.24, 2.45) is 5.92 Å². The number of nitrogens with one attached hydrogen (secondary N) is 3. The van der Waals surface area contributed by atoms with Gasteiger partial charge in [-0.15, -0.1) is 0 Å². The first kappa shape index (κ1) is 41.6. The summed E-state index contributed by atoms with van der Waals surface area (Å²) in [6.45, 7) is 0.942. The van der Waals surface area contributed by atoms with Gasteiger partial charge in [0.1, 0.15) is 34.8 Å². The van der Waals surface area contributed by atoms with Crippen molar-refractivity contribution in [3.63, 3.8) is 0 Å². The van der Waals surface area contributed by atoms with Gasteiger partial charge in [0.25, 0.3) is 11.8 Å². The molecule has 0 spiro atoms. The van der Waals surface area contributed by atoms with E-state index in [-0.39, 0.29) is 48.3 Å². The van der Waals surface area contributed by atoms with Crippen LogP contribution in [-0.4, -0.2) is 101 Å². The van der Waals surface area contributed by atoms with E-state index >= 15 is 0 Å². The molecule has 3 N–H and O–H groups in total. The maximum Gasteiger partial charge on any atom is 0.416 e. The van der Waals surface area contributed by atoms with Crippen LogP contribution in [0.2, 0.25) is 0 Å². The lowest BCUT2D eigenvalue weighted by atomic mass is 10.0. The minimum absolute atomic E-state index is 0.0427.